The first-order valence-corrected chi connectivity index (χ1v) is 12.3. The number of ether oxygens (including phenoxy) is 1. The van der Waals surface area contributed by atoms with Gasteiger partial charge in [0.2, 0.25) is 5.91 Å². The highest BCUT2D eigenvalue weighted by Gasteiger charge is 2.51. The van der Waals surface area contributed by atoms with Crippen LogP contribution < -0.4 is 5.32 Å². The normalized spacial score (nSPS) is 32.3. The van der Waals surface area contributed by atoms with Gasteiger partial charge in [0.05, 0.1) is 5.41 Å². The van der Waals surface area contributed by atoms with Crippen molar-refractivity contribution >= 4 is 17.7 Å². The van der Waals surface area contributed by atoms with E-state index in [4.69, 9.17) is 4.74 Å². The molecule has 0 radical (unpaired) electrons. The zero-order valence-electron chi connectivity index (χ0n) is 18.2. The van der Waals surface area contributed by atoms with Gasteiger partial charge in [0.15, 0.2) is 0 Å². The molecule has 4 heterocycles. The Hall–Kier alpha value is -2.08. The molecule has 2 atom stereocenters. The molecule has 1 spiro atoms. The van der Waals surface area contributed by atoms with Crippen molar-refractivity contribution in [2.24, 2.45) is 0 Å². The van der Waals surface area contributed by atoms with Crippen molar-refractivity contribution in [2.45, 2.75) is 93.9 Å². The van der Waals surface area contributed by atoms with Gasteiger partial charge in [-0.25, -0.2) is 4.79 Å². The Morgan fingerprint density at radius 3 is 2.39 bits per heavy atom. The number of para-hydroxylation sites is 1. The SMILES string of the molecule is O=C(OC1CCCC1)N1C2CCC1CC(N1CCC3(CC1)C(=O)Nc1ccccc13)C2.[HH]. The molecule has 3 saturated heterocycles. The molecule has 1 aromatic rings. The molecule has 1 aliphatic carbocycles. The highest BCUT2D eigenvalue weighted by atomic mass is 16.6. The van der Waals surface area contributed by atoms with Crippen LogP contribution in [0.4, 0.5) is 10.5 Å². The average Bonchev–Trinajstić information content (AvgIpc) is 3.46. The number of hydrogen-bond donors (Lipinski definition) is 1. The van der Waals surface area contributed by atoms with E-state index in [1.165, 1.54) is 18.4 Å². The molecule has 6 rings (SSSR count). The van der Waals surface area contributed by atoms with Crippen molar-refractivity contribution in [1.29, 1.82) is 0 Å². The van der Waals surface area contributed by atoms with Crippen molar-refractivity contribution in [2.75, 3.05) is 18.4 Å². The number of carbonyl (C=O) groups is 2. The van der Waals surface area contributed by atoms with Crippen molar-refractivity contribution in [3.8, 4) is 0 Å². The van der Waals surface area contributed by atoms with Crippen LogP contribution in [-0.4, -0.2) is 59.1 Å². The molecule has 6 heteroatoms. The van der Waals surface area contributed by atoms with Crippen LogP contribution in [0.5, 0.6) is 0 Å². The van der Waals surface area contributed by atoms with E-state index in [1.807, 2.05) is 18.2 Å². The third-order valence-corrected chi connectivity index (χ3v) is 8.78. The lowest BCUT2D eigenvalue weighted by molar-refractivity contribution is -0.123. The number of fused-ring (bicyclic) bond motifs is 4. The largest absolute Gasteiger partial charge is 0.446 e. The predicted molar refractivity (Wildman–Crippen MR) is 120 cm³/mol. The fourth-order valence-corrected chi connectivity index (χ4v) is 7.10. The van der Waals surface area contributed by atoms with Gasteiger partial charge in [-0.15, -0.1) is 0 Å². The number of hydrogen-bond acceptors (Lipinski definition) is 4. The van der Waals surface area contributed by atoms with Gasteiger partial charge in [-0.2, -0.15) is 0 Å². The number of piperidine rings is 2. The van der Waals surface area contributed by atoms with Gasteiger partial charge < -0.3 is 19.9 Å². The van der Waals surface area contributed by atoms with E-state index in [-0.39, 0.29) is 24.9 Å². The van der Waals surface area contributed by atoms with Crippen LogP contribution in [0, 0.1) is 0 Å². The molecule has 0 aromatic heterocycles. The summed E-state index contributed by atoms with van der Waals surface area (Å²) in [6.07, 6.45) is 10.6. The van der Waals surface area contributed by atoms with Gasteiger partial charge in [-0.05, 0) is 88.9 Å². The van der Waals surface area contributed by atoms with Crippen LogP contribution in [0.15, 0.2) is 24.3 Å². The molecular weight excluding hydrogens is 390 g/mol. The molecule has 31 heavy (non-hydrogen) atoms. The predicted octanol–water partition coefficient (Wildman–Crippen LogP) is 4.29. The molecule has 1 aromatic carbocycles. The van der Waals surface area contributed by atoms with Crippen molar-refractivity contribution in [3.05, 3.63) is 29.8 Å². The summed E-state index contributed by atoms with van der Waals surface area (Å²) in [5.41, 5.74) is 1.83. The van der Waals surface area contributed by atoms with E-state index < -0.39 is 0 Å². The second kappa shape index (κ2) is 7.51. The standard InChI is InChI=1S/C25H33N3O3.H2/c29-23-25(21-7-3-4-8-22(21)26-23)11-13-27(14-12-25)19-15-17-9-10-18(16-19)28(17)24(30)31-20-5-1-2-6-20;/h3-4,7-8,17-20H,1-2,5-6,9-16H2,(H,26,29);1H. The number of amides is 2. The molecule has 168 valence electrons. The lowest BCUT2D eigenvalue weighted by Gasteiger charge is -2.46. The summed E-state index contributed by atoms with van der Waals surface area (Å²) in [7, 11) is 0. The summed E-state index contributed by atoms with van der Waals surface area (Å²) in [5, 5.41) is 3.11. The monoisotopic (exact) mass is 425 g/mol. The molecule has 5 aliphatic rings. The lowest BCUT2D eigenvalue weighted by atomic mass is 9.73. The molecule has 1 saturated carbocycles. The summed E-state index contributed by atoms with van der Waals surface area (Å²) < 4.78 is 5.85. The fraction of sp³-hybridized carbons (Fsp3) is 0.680. The molecule has 6 nitrogen and oxygen atoms in total. The summed E-state index contributed by atoms with van der Waals surface area (Å²) >= 11 is 0. The van der Waals surface area contributed by atoms with Gasteiger partial charge in [-0.1, -0.05) is 18.2 Å². The number of anilines is 1. The minimum absolute atomic E-state index is 0. The van der Waals surface area contributed by atoms with Crippen LogP contribution in [0.3, 0.4) is 0 Å². The molecular formula is C25H35N3O3. The second-order valence-electron chi connectivity index (χ2n) is 10.3. The Morgan fingerprint density at radius 2 is 1.68 bits per heavy atom. The first kappa shape index (κ1) is 19.6. The average molecular weight is 426 g/mol. The Balaban J connectivity index is 0.00000216. The third kappa shape index (κ3) is 3.17. The molecule has 1 N–H and O–H groups in total. The van der Waals surface area contributed by atoms with Crippen molar-refractivity contribution in [1.82, 2.24) is 9.80 Å². The maximum atomic E-state index is 12.9. The number of carbonyl (C=O) groups excluding carboxylic acids is 2. The number of benzene rings is 1. The number of likely N-dealkylation sites (tertiary alicyclic amines) is 1. The van der Waals surface area contributed by atoms with E-state index >= 15 is 0 Å². The van der Waals surface area contributed by atoms with Crippen molar-refractivity contribution < 1.29 is 15.8 Å². The van der Waals surface area contributed by atoms with Gasteiger partial charge in [0, 0.05) is 25.2 Å². The smallest absolute Gasteiger partial charge is 0.410 e. The zero-order chi connectivity index (χ0) is 21.0. The summed E-state index contributed by atoms with van der Waals surface area (Å²) in [6, 6.07) is 9.35. The third-order valence-electron chi connectivity index (χ3n) is 8.78. The van der Waals surface area contributed by atoms with Crippen LogP contribution in [0.1, 0.15) is 71.2 Å². The number of nitrogens with zero attached hydrogens (tertiary/aromatic N) is 2. The van der Waals surface area contributed by atoms with E-state index in [0.29, 0.717) is 18.1 Å². The van der Waals surface area contributed by atoms with Crippen LogP contribution in [-0.2, 0) is 14.9 Å². The maximum absolute atomic E-state index is 12.9. The van der Waals surface area contributed by atoms with Gasteiger partial charge in [0.25, 0.3) is 0 Å². The highest BCUT2D eigenvalue weighted by molar-refractivity contribution is 6.06. The van der Waals surface area contributed by atoms with Gasteiger partial charge in [-0.3, -0.25) is 4.79 Å². The fourth-order valence-electron chi connectivity index (χ4n) is 7.10. The van der Waals surface area contributed by atoms with E-state index in [0.717, 1.165) is 70.1 Å². The Labute approximate surface area is 185 Å². The van der Waals surface area contributed by atoms with Crippen LogP contribution in [0.25, 0.3) is 0 Å². The van der Waals surface area contributed by atoms with E-state index in [2.05, 4.69) is 21.2 Å². The summed E-state index contributed by atoms with van der Waals surface area (Å²) in [6.45, 7) is 1.91. The summed E-state index contributed by atoms with van der Waals surface area (Å²) in [5.74, 6) is 0.179. The van der Waals surface area contributed by atoms with E-state index in [1.54, 1.807) is 0 Å². The first-order chi connectivity index (χ1) is 15.1. The maximum Gasteiger partial charge on any atom is 0.410 e. The minimum Gasteiger partial charge on any atom is -0.446 e. The van der Waals surface area contributed by atoms with Gasteiger partial charge in [0.1, 0.15) is 6.10 Å². The van der Waals surface area contributed by atoms with Crippen molar-refractivity contribution in [3.63, 3.8) is 0 Å². The molecule has 4 aliphatic heterocycles. The number of rotatable bonds is 2. The molecule has 2 unspecified atom stereocenters. The minimum atomic E-state index is -0.349. The Bertz CT molecular complexity index is 865. The first-order valence-electron chi connectivity index (χ1n) is 12.3. The molecule has 2 bridgehead atoms. The zero-order valence-corrected chi connectivity index (χ0v) is 18.2. The Kier molecular flexibility index (Phi) is 4.74. The topological polar surface area (TPSA) is 61.9 Å². The van der Waals surface area contributed by atoms with Crippen LogP contribution >= 0.6 is 0 Å². The van der Waals surface area contributed by atoms with Gasteiger partial charge >= 0.3 is 6.09 Å². The highest BCUT2D eigenvalue weighted by Crippen LogP contribution is 2.46. The lowest BCUT2D eigenvalue weighted by Crippen LogP contribution is -2.56. The van der Waals surface area contributed by atoms with Crippen LogP contribution in [0.2, 0.25) is 0 Å². The quantitative estimate of drug-likeness (QED) is 0.768. The Morgan fingerprint density at radius 1 is 1.00 bits per heavy atom. The van der Waals surface area contributed by atoms with E-state index in [9.17, 15) is 9.59 Å². The molecule has 2 amide bonds. The second-order valence-corrected chi connectivity index (χ2v) is 10.3. The summed E-state index contributed by atoms with van der Waals surface area (Å²) in [4.78, 5) is 30.4. The molecule has 4 fully saturated rings. The number of nitrogens with one attached hydrogen (secondary N) is 1.